The third-order valence-corrected chi connectivity index (χ3v) is 8.19. The average molecular weight is 407 g/mol. The zero-order valence-corrected chi connectivity index (χ0v) is 16.7. The molecule has 6 rings (SSSR count). The highest BCUT2D eigenvalue weighted by atomic mass is 16.2. The Kier molecular flexibility index (Phi) is 3.79. The van der Waals surface area contributed by atoms with Crippen molar-refractivity contribution in [1.82, 2.24) is 14.7 Å². The summed E-state index contributed by atoms with van der Waals surface area (Å²) in [7, 11) is 0. The number of rotatable bonds is 6. The smallest absolute Gasteiger partial charge is 0.234 e. The largest absolute Gasteiger partial charge is 0.274 e. The summed E-state index contributed by atoms with van der Waals surface area (Å²) in [5.41, 5.74) is 0. The summed E-state index contributed by atoms with van der Waals surface area (Å²) in [6.07, 6.45) is 11.8. The van der Waals surface area contributed by atoms with Crippen molar-refractivity contribution >= 4 is 23.6 Å². The second-order valence-corrected chi connectivity index (χ2v) is 9.63. The summed E-state index contributed by atoms with van der Waals surface area (Å²) < 4.78 is 0. The molecule has 2 heterocycles. The Balaban J connectivity index is 1.19. The van der Waals surface area contributed by atoms with Gasteiger partial charge in [0.25, 0.3) is 0 Å². The van der Waals surface area contributed by atoms with Gasteiger partial charge in [-0.2, -0.15) is 0 Å². The van der Waals surface area contributed by atoms with Gasteiger partial charge in [-0.05, 0) is 36.5 Å². The van der Waals surface area contributed by atoms with E-state index in [2.05, 4.69) is 30.9 Å². The van der Waals surface area contributed by atoms with Gasteiger partial charge >= 0.3 is 0 Å². The van der Waals surface area contributed by atoms with Crippen LogP contribution >= 0.6 is 0 Å². The second-order valence-electron chi connectivity index (χ2n) is 9.63. The summed E-state index contributed by atoms with van der Waals surface area (Å²) in [4.78, 5) is 56.5. The van der Waals surface area contributed by atoms with Gasteiger partial charge in [0.2, 0.25) is 23.6 Å². The maximum absolute atomic E-state index is 13.0. The molecule has 0 radical (unpaired) electrons. The maximum Gasteiger partial charge on any atom is 0.234 e. The van der Waals surface area contributed by atoms with Crippen molar-refractivity contribution in [3.63, 3.8) is 0 Å². The molecule has 0 spiro atoms. The number of fused-ring (bicyclic) bond motifs is 10. The number of carbonyl (C=O) groups is 4. The zero-order chi connectivity index (χ0) is 20.7. The number of hydrogen-bond acceptors (Lipinski definition) is 5. The Morgan fingerprint density at radius 3 is 1.37 bits per heavy atom. The molecular weight excluding hydrogens is 382 g/mol. The van der Waals surface area contributed by atoms with Gasteiger partial charge in [0.15, 0.2) is 0 Å². The summed E-state index contributed by atoms with van der Waals surface area (Å²) in [6, 6.07) is 0. The van der Waals surface area contributed by atoms with Gasteiger partial charge in [0.05, 0.1) is 37.0 Å². The first-order valence-electron chi connectivity index (χ1n) is 10.9. The van der Waals surface area contributed by atoms with E-state index in [0.717, 1.165) is 12.8 Å². The molecule has 4 bridgehead atoms. The van der Waals surface area contributed by atoms with Crippen LogP contribution in [0.1, 0.15) is 12.8 Å². The molecule has 0 aromatic rings. The molecule has 30 heavy (non-hydrogen) atoms. The van der Waals surface area contributed by atoms with Gasteiger partial charge in [-0.25, -0.2) is 0 Å². The first kappa shape index (κ1) is 18.2. The number of likely N-dealkylation sites (tertiary alicyclic amines) is 2. The van der Waals surface area contributed by atoms with Crippen LogP contribution in [-0.2, 0) is 19.2 Å². The number of hydrogen-bond donors (Lipinski definition) is 0. The van der Waals surface area contributed by atoms with Crippen LogP contribution in [0.5, 0.6) is 0 Å². The van der Waals surface area contributed by atoms with Gasteiger partial charge in [0, 0.05) is 6.54 Å². The van der Waals surface area contributed by atoms with Gasteiger partial charge < -0.3 is 0 Å². The molecule has 156 valence electrons. The summed E-state index contributed by atoms with van der Waals surface area (Å²) in [6.45, 7) is 4.34. The first-order valence-corrected chi connectivity index (χ1v) is 10.9. The van der Waals surface area contributed by atoms with E-state index in [9.17, 15) is 19.2 Å². The van der Waals surface area contributed by atoms with Crippen molar-refractivity contribution in [3.8, 4) is 0 Å². The summed E-state index contributed by atoms with van der Waals surface area (Å²) in [5.74, 6) is -0.772. The Labute approximate surface area is 175 Å². The molecular formula is C23H25N3O4. The van der Waals surface area contributed by atoms with E-state index in [1.54, 1.807) is 11.0 Å². The van der Waals surface area contributed by atoms with Crippen molar-refractivity contribution in [2.75, 3.05) is 19.9 Å². The maximum atomic E-state index is 13.0. The van der Waals surface area contributed by atoms with Crippen molar-refractivity contribution in [1.29, 1.82) is 0 Å². The van der Waals surface area contributed by atoms with E-state index in [0.29, 0.717) is 6.54 Å². The minimum Gasteiger partial charge on any atom is -0.274 e. The molecule has 2 saturated heterocycles. The number of carbonyl (C=O) groups excluding carboxylic acids is 4. The van der Waals surface area contributed by atoms with Crippen LogP contribution in [0.25, 0.3) is 0 Å². The van der Waals surface area contributed by atoms with Crippen LogP contribution in [0.15, 0.2) is 37.0 Å². The topological polar surface area (TPSA) is 78.0 Å². The summed E-state index contributed by atoms with van der Waals surface area (Å²) >= 11 is 0. The van der Waals surface area contributed by atoms with Gasteiger partial charge in [-0.15, -0.1) is 6.58 Å². The minimum absolute atomic E-state index is 0.0909. The van der Waals surface area contributed by atoms with E-state index in [1.165, 1.54) is 9.80 Å². The third kappa shape index (κ3) is 2.24. The van der Waals surface area contributed by atoms with E-state index in [-0.39, 0.29) is 84.3 Å². The van der Waals surface area contributed by atoms with Crippen LogP contribution in [0, 0.1) is 47.3 Å². The number of nitrogens with zero attached hydrogens (tertiary/aromatic N) is 3. The van der Waals surface area contributed by atoms with E-state index >= 15 is 0 Å². The molecule has 6 aliphatic rings. The Morgan fingerprint density at radius 2 is 1.07 bits per heavy atom. The molecule has 0 aromatic carbocycles. The predicted molar refractivity (Wildman–Crippen MR) is 106 cm³/mol. The molecule has 4 aliphatic carbocycles. The molecule has 4 amide bonds. The Bertz CT molecular complexity index is 809. The number of amides is 4. The number of allylic oxidation sites excluding steroid dienone is 4. The molecule has 2 saturated carbocycles. The van der Waals surface area contributed by atoms with Gasteiger partial charge in [0.1, 0.15) is 0 Å². The van der Waals surface area contributed by atoms with Crippen LogP contribution in [0.3, 0.4) is 0 Å². The van der Waals surface area contributed by atoms with Crippen LogP contribution in [0.2, 0.25) is 0 Å². The highest BCUT2D eigenvalue weighted by molar-refractivity contribution is 6.07. The Hall–Kier alpha value is -2.54. The molecule has 7 nitrogen and oxygen atoms in total. The third-order valence-electron chi connectivity index (χ3n) is 8.19. The van der Waals surface area contributed by atoms with E-state index in [1.807, 2.05) is 0 Å². The monoisotopic (exact) mass is 407 g/mol. The van der Waals surface area contributed by atoms with Crippen LogP contribution in [-0.4, -0.2) is 58.2 Å². The van der Waals surface area contributed by atoms with Crippen molar-refractivity contribution < 1.29 is 19.2 Å². The lowest BCUT2D eigenvalue weighted by Crippen LogP contribution is -2.49. The highest BCUT2D eigenvalue weighted by Gasteiger charge is 2.61. The lowest BCUT2D eigenvalue weighted by molar-refractivity contribution is -0.146. The van der Waals surface area contributed by atoms with E-state index < -0.39 is 0 Å². The SMILES string of the molecule is C=CCN(CN1C(=O)[C@H]2[C@H](C1=O)[C@H]1C=C[C@H]2C1)CN1C(=O)[C@H]2[C@H](C1=O)[C@H]1C=C[C@H]2C1. The number of imide groups is 2. The lowest BCUT2D eigenvalue weighted by Gasteiger charge is -2.30. The average Bonchev–Trinajstić information content (AvgIpc) is 3.55. The molecule has 0 aromatic heterocycles. The quantitative estimate of drug-likeness (QED) is 0.485. The van der Waals surface area contributed by atoms with Crippen molar-refractivity contribution in [2.45, 2.75) is 12.8 Å². The molecule has 4 fully saturated rings. The molecule has 7 heteroatoms. The van der Waals surface area contributed by atoms with Crippen LogP contribution < -0.4 is 0 Å². The molecule has 8 atom stereocenters. The molecule has 2 aliphatic heterocycles. The minimum atomic E-state index is -0.241. The summed E-state index contributed by atoms with van der Waals surface area (Å²) in [5, 5.41) is 0. The van der Waals surface area contributed by atoms with Gasteiger partial charge in [-0.1, -0.05) is 30.4 Å². The molecule has 0 unspecified atom stereocenters. The fourth-order valence-corrected chi connectivity index (χ4v) is 6.95. The standard InChI is InChI=1S/C23H25N3O4/c1-2-7-24(10-25-20(27)16-12-3-4-13(8-12)17(16)21(25)28)11-26-22(29)18-14-5-6-15(9-14)19(18)23(26)30/h2-6,12-19H,1,7-11H2/t12-,13-,14-,15-,16+,17+,18+,19+/m0/s1. The van der Waals surface area contributed by atoms with Gasteiger partial charge in [-0.3, -0.25) is 33.9 Å². The fourth-order valence-electron chi connectivity index (χ4n) is 6.95. The predicted octanol–water partition coefficient (Wildman–Crippen LogP) is 1.00. The van der Waals surface area contributed by atoms with Crippen molar-refractivity contribution in [2.24, 2.45) is 47.3 Å². The first-order chi connectivity index (χ1) is 14.5. The van der Waals surface area contributed by atoms with Crippen molar-refractivity contribution in [3.05, 3.63) is 37.0 Å². The normalized spacial score (nSPS) is 42.4. The van der Waals surface area contributed by atoms with E-state index in [4.69, 9.17) is 0 Å². The second kappa shape index (κ2) is 6.23. The lowest BCUT2D eigenvalue weighted by atomic mass is 9.85. The zero-order valence-electron chi connectivity index (χ0n) is 16.7. The van der Waals surface area contributed by atoms with Crippen LogP contribution in [0.4, 0.5) is 0 Å². The highest BCUT2D eigenvalue weighted by Crippen LogP contribution is 2.53. The Morgan fingerprint density at radius 1 is 0.733 bits per heavy atom. The fraction of sp³-hybridized carbons (Fsp3) is 0.565. The molecule has 0 N–H and O–H groups in total.